The van der Waals surface area contributed by atoms with Gasteiger partial charge in [0.05, 0.1) is 25.5 Å². The second-order valence-corrected chi connectivity index (χ2v) is 6.35. The predicted octanol–water partition coefficient (Wildman–Crippen LogP) is 4.73. The zero-order chi connectivity index (χ0) is 19.5. The fourth-order valence-corrected chi connectivity index (χ4v) is 2.64. The molecule has 0 atom stereocenters. The quantitative estimate of drug-likeness (QED) is 0.375. The summed E-state index contributed by atoms with van der Waals surface area (Å²) in [6.45, 7) is 4.81. The molecule has 0 unspecified atom stereocenters. The molecule has 5 heteroatoms. The Morgan fingerprint density at radius 3 is 2.70 bits per heavy atom. The largest absolute Gasteiger partial charge is 0.496 e. The summed E-state index contributed by atoms with van der Waals surface area (Å²) in [4.78, 5) is 12.3. The van der Waals surface area contributed by atoms with Crippen molar-refractivity contribution in [2.75, 3.05) is 13.7 Å². The summed E-state index contributed by atoms with van der Waals surface area (Å²) < 4.78 is 11.1. The van der Waals surface area contributed by atoms with Crippen LogP contribution in [0.1, 0.15) is 54.1 Å². The van der Waals surface area contributed by atoms with Gasteiger partial charge in [0, 0.05) is 5.56 Å². The standard InChI is InChI=1S/C22H28N2O3/c1-4-5-6-9-14-27-20-11-8-7-10-18(20)16-23-24-22(25)19-13-12-17(2)15-21(19)26-3/h7-8,10-13,15-16H,4-6,9,14H2,1-3H3,(H,24,25). The highest BCUT2D eigenvalue weighted by atomic mass is 16.5. The third-order valence-corrected chi connectivity index (χ3v) is 4.15. The lowest BCUT2D eigenvalue weighted by Crippen LogP contribution is -2.18. The van der Waals surface area contributed by atoms with E-state index < -0.39 is 0 Å². The van der Waals surface area contributed by atoms with Gasteiger partial charge in [0.25, 0.3) is 5.91 Å². The van der Waals surface area contributed by atoms with Crippen LogP contribution in [0.4, 0.5) is 0 Å². The zero-order valence-corrected chi connectivity index (χ0v) is 16.3. The van der Waals surface area contributed by atoms with Crippen LogP contribution >= 0.6 is 0 Å². The molecular weight excluding hydrogens is 340 g/mol. The number of nitrogens with zero attached hydrogens (tertiary/aromatic N) is 1. The summed E-state index contributed by atoms with van der Waals surface area (Å²) in [6.07, 6.45) is 6.22. The second kappa shape index (κ2) is 11.0. The topological polar surface area (TPSA) is 59.9 Å². The lowest BCUT2D eigenvalue weighted by molar-refractivity contribution is 0.0952. The molecule has 0 bridgehead atoms. The molecule has 1 amide bonds. The lowest BCUT2D eigenvalue weighted by Gasteiger charge is -2.09. The maximum atomic E-state index is 12.3. The number of hydrogen-bond donors (Lipinski definition) is 1. The fraction of sp³-hybridized carbons (Fsp3) is 0.364. The number of hydrogen-bond acceptors (Lipinski definition) is 4. The van der Waals surface area contributed by atoms with E-state index in [1.54, 1.807) is 19.4 Å². The minimum absolute atomic E-state index is 0.318. The molecular formula is C22H28N2O3. The number of ether oxygens (including phenoxy) is 2. The summed E-state index contributed by atoms with van der Waals surface area (Å²) in [7, 11) is 1.54. The van der Waals surface area contributed by atoms with Gasteiger partial charge in [-0.2, -0.15) is 5.10 Å². The van der Waals surface area contributed by atoms with E-state index in [-0.39, 0.29) is 5.91 Å². The first kappa shape index (κ1) is 20.5. The van der Waals surface area contributed by atoms with Crippen molar-refractivity contribution >= 4 is 12.1 Å². The number of aryl methyl sites for hydroxylation is 1. The minimum Gasteiger partial charge on any atom is -0.496 e. The van der Waals surface area contributed by atoms with Crippen LogP contribution in [0.2, 0.25) is 0 Å². The highest BCUT2D eigenvalue weighted by Crippen LogP contribution is 2.20. The van der Waals surface area contributed by atoms with Gasteiger partial charge in [0.15, 0.2) is 0 Å². The van der Waals surface area contributed by atoms with E-state index in [2.05, 4.69) is 17.5 Å². The summed E-state index contributed by atoms with van der Waals surface area (Å²) in [6, 6.07) is 13.1. The van der Waals surface area contributed by atoms with Gasteiger partial charge in [-0.3, -0.25) is 4.79 Å². The molecule has 1 N–H and O–H groups in total. The molecule has 0 radical (unpaired) electrons. The van der Waals surface area contributed by atoms with Gasteiger partial charge >= 0.3 is 0 Å². The van der Waals surface area contributed by atoms with E-state index in [9.17, 15) is 4.79 Å². The van der Waals surface area contributed by atoms with Crippen molar-refractivity contribution in [1.82, 2.24) is 5.43 Å². The van der Waals surface area contributed by atoms with Gasteiger partial charge in [0.1, 0.15) is 11.5 Å². The Balaban J connectivity index is 1.97. The zero-order valence-electron chi connectivity index (χ0n) is 16.3. The van der Waals surface area contributed by atoms with Crippen LogP contribution in [0.25, 0.3) is 0 Å². The van der Waals surface area contributed by atoms with E-state index in [0.29, 0.717) is 17.9 Å². The number of methoxy groups -OCH3 is 1. The SMILES string of the molecule is CCCCCCOc1ccccc1C=NNC(=O)c1ccc(C)cc1OC. The normalized spacial score (nSPS) is 10.8. The number of carbonyl (C=O) groups is 1. The Labute approximate surface area is 161 Å². The molecule has 2 aromatic rings. The Bertz CT molecular complexity index is 772. The summed E-state index contributed by atoms with van der Waals surface area (Å²) in [5.41, 5.74) is 4.84. The van der Waals surface area contributed by atoms with Crippen molar-refractivity contribution in [3.63, 3.8) is 0 Å². The van der Waals surface area contributed by atoms with Crippen LogP contribution in [-0.4, -0.2) is 25.8 Å². The van der Waals surface area contributed by atoms with Crippen LogP contribution in [0, 0.1) is 6.92 Å². The molecule has 0 aliphatic carbocycles. The molecule has 0 aromatic heterocycles. The predicted molar refractivity (Wildman–Crippen MR) is 109 cm³/mol. The Morgan fingerprint density at radius 2 is 1.93 bits per heavy atom. The Morgan fingerprint density at radius 1 is 1.11 bits per heavy atom. The van der Waals surface area contributed by atoms with Crippen LogP contribution in [0.15, 0.2) is 47.6 Å². The molecule has 0 saturated carbocycles. The first-order valence-electron chi connectivity index (χ1n) is 9.35. The molecule has 0 aliphatic rings. The molecule has 0 fully saturated rings. The number of nitrogens with one attached hydrogen (secondary N) is 1. The number of carbonyl (C=O) groups excluding carboxylic acids is 1. The van der Waals surface area contributed by atoms with E-state index in [4.69, 9.17) is 9.47 Å². The first-order valence-corrected chi connectivity index (χ1v) is 9.35. The molecule has 0 spiro atoms. The van der Waals surface area contributed by atoms with Gasteiger partial charge in [-0.1, -0.05) is 44.4 Å². The maximum Gasteiger partial charge on any atom is 0.275 e. The third kappa shape index (κ3) is 6.44. The van der Waals surface area contributed by atoms with Crippen molar-refractivity contribution in [3.8, 4) is 11.5 Å². The van der Waals surface area contributed by atoms with Gasteiger partial charge in [-0.15, -0.1) is 0 Å². The van der Waals surface area contributed by atoms with Crippen LogP contribution in [-0.2, 0) is 0 Å². The Kier molecular flexibility index (Phi) is 8.36. The molecule has 0 saturated heterocycles. The molecule has 27 heavy (non-hydrogen) atoms. The van der Waals surface area contributed by atoms with Gasteiger partial charge in [-0.05, 0) is 43.2 Å². The van der Waals surface area contributed by atoms with Crippen LogP contribution in [0.3, 0.4) is 0 Å². The second-order valence-electron chi connectivity index (χ2n) is 6.35. The van der Waals surface area contributed by atoms with E-state index >= 15 is 0 Å². The maximum absolute atomic E-state index is 12.3. The van der Waals surface area contributed by atoms with Gasteiger partial charge in [0.2, 0.25) is 0 Å². The van der Waals surface area contributed by atoms with Crippen molar-refractivity contribution in [1.29, 1.82) is 0 Å². The molecule has 0 heterocycles. The van der Waals surface area contributed by atoms with E-state index in [1.165, 1.54) is 19.3 Å². The van der Waals surface area contributed by atoms with E-state index in [1.807, 2.05) is 43.3 Å². The number of para-hydroxylation sites is 1. The van der Waals surface area contributed by atoms with Crippen LogP contribution < -0.4 is 14.9 Å². The molecule has 2 aromatic carbocycles. The number of benzene rings is 2. The van der Waals surface area contributed by atoms with Crippen LogP contribution in [0.5, 0.6) is 11.5 Å². The highest BCUT2D eigenvalue weighted by molar-refractivity contribution is 5.97. The molecule has 5 nitrogen and oxygen atoms in total. The smallest absolute Gasteiger partial charge is 0.275 e. The average molecular weight is 368 g/mol. The van der Waals surface area contributed by atoms with E-state index in [0.717, 1.165) is 23.3 Å². The first-order chi connectivity index (χ1) is 13.2. The fourth-order valence-electron chi connectivity index (χ4n) is 2.64. The van der Waals surface area contributed by atoms with Crippen molar-refractivity contribution in [2.45, 2.75) is 39.5 Å². The van der Waals surface area contributed by atoms with Crippen molar-refractivity contribution < 1.29 is 14.3 Å². The summed E-state index contributed by atoms with van der Waals surface area (Å²) in [5, 5.41) is 4.07. The molecule has 0 aliphatic heterocycles. The van der Waals surface area contributed by atoms with Gasteiger partial charge < -0.3 is 9.47 Å². The highest BCUT2D eigenvalue weighted by Gasteiger charge is 2.11. The Hall–Kier alpha value is -2.82. The number of hydrazone groups is 1. The van der Waals surface area contributed by atoms with Crippen molar-refractivity contribution in [3.05, 3.63) is 59.2 Å². The lowest BCUT2D eigenvalue weighted by atomic mass is 10.1. The average Bonchev–Trinajstić information content (AvgIpc) is 2.68. The molecule has 144 valence electrons. The minimum atomic E-state index is -0.318. The van der Waals surface area contributed by atoms with Crippen molar-refractivity contribution in [2.24, 2.45) is 5.10 Å². The number of rotatable bonds is 10. The monoisotopic (exact) mass is 368 g/mol. The number of unbranched alkanes of at least 4 members (excludes halogenated alkanes) is 3. The third-order valence-electron chi connectivity index (χ3n) is 4.15. The summed E-state index contributed by atoms with van der Waals surface area (Å²) >= 11 is 0. The molecule has 2 rings (SSSR count). The summed E-state index contributed by atoms with van der Waals surface area (Å²) in [5.74, 6) is 0.972. The van der Waals surface area contributed by atoms with Gasteiger partial charge in [-0.25, -0.2) is 5.43 Å². The number of amides is 1.